The maximum absolute atomic E-state index is 12.6. The van der Waals surface area contributed by atoms with Crippen LogP contribution in [0.25, 0.3) is 10.8 Å². The van der Waals surface area contributed by atoms with Crippen LogP contribution in [0.1, 0.15) is 17.3 Å². The standard InChI is InChI=1S/C15H16ClN3O2/c1-3-19(9-13(20)17-2)15(21)12-8-18-14(16)11-7-5-4-6-10(11)12/h4-8H,3,9H2,1-2H3,(H,17,20). The third-order valence-corrected chi connectivity index (χ3v) is 3.56. The number of carbonyl (C=O) groups is 2. The van der Waals surface area contributed by atoms with Crippen molar-refractivity contribution in [2.45, 2.75) is 6.92 Å². The molecule has 5 nitrogen and oxygen atoms in total. The Kier molecular flexibility index (Phi) is 4.75. The van der Waals surface area contributed by atoms with Crippen LogP contribution in [0.3, 0.4) is 0 Å². The van der Waals surface area contributed by atoms with E-state index in [2.05, 4.69) is 10.3 Å². The van der Waals surface area contributed by atoms with E-state index in [4.69, 9.17) is 11.6 Å². The third kappa shape index (κ3) is 3.13. The molecule has 0 aliphatic heterocycles. The van der Waals surface area contributed by atoms with Crippen molar-refractivity contribution < 1.29 is 9.59 Å². The molecule has 0 unspecified atom stereocenters. The number of amides is 2. The molecule has 1 N–H and O–H groups in total. The van der Waals surface area contributed by atoms with Crippen molar-refractivity contribution in [2.24, 2.45) is 0 Å². The fraction of sp³-hybridized carbons (Fsp3) is 0.267. The van der Waals surface area contributed by atoms with E-state index in [9.17, 15) is 9.59 Å². The van der Waals surface area contributed by atoms with Crippen molar-refractivity contribution in [3.63, 3.8) is 0 Å². The van der Waals surface area contributed by atoms with Gasteiger partial charge in [0.2, 0.25) is 5.91 Å². The second-order valence-electron chi connectivity index (χ2n) is 4.50. The Morgan fingerprint density at radius 1 is 1.29 bits per heavy atom. The summed E-state index contributed by atoms with van der Waals surface area (Å²) in [7, 11) is 1.54. The molecule has 1 heterocycles. The summed E-state index contributed by atoms with van der Waals surface area (Å²) in [5, 5.41) is 4.33. The molecule has 2 amide bonds. The monoisotopic (exact) mass is 305 g/mol. The van der Waals surface area contributed by atoms with E-state index in [1.54, 1.807) is 7.05 Å². The predicted molar refractivity (Wildman–Crippen MR) is 82.4 cm³/mol. The number of benzene rings is 1. The average Bonchev–Trinajstić information content (AvgIpc) is 2.52. The lowest BCUT2D eigenvalue weighted by Gasteiger charge is -2.20. The highest BCUT2D eigenvalue weighted by molar-refractivity contribution is 6.34. The van der Waals surface area contributed by atoms with E-state index in [0.29, 0.717) is 17.3 Å². The zero-order valence-electron chi connectivity index (χ0n) is 11.9. The summed E-state index contributed by atoms with van der Waals surface area (Å²) in [6.45, 7) is 2.28. The Bertz CT molecular complexity index is 688. The van der Waals surface area contributed by atoms with Gasteiger partial charge in [-0.15, -0.1) is 0 Å². The van der Waals surface area contributed by atoms with Gasteiger partial charge < -0.3 is 10.2 Å². The minimum Gasteiger partial charge on any atom is -0.358 e. The van der Waals surface area contributed by atoms with Crippen molar-refractivity contribution in [3.8, 4) is 0 Å². The Labute approximate surface area is 127 Å². The number of hydrogen-bond donors (Lipinski definition) is 1. The number of aromatic nitrogens is 1. The van der Waals surface area contributed by atoms with Gasteiger partial charge in [0.15, 0.2) is 0 Å². The molecule has 1 aromatic heterocycles. The van der Waals surface area contributed by atoms with Gasteiger partial charge in [-0.1, -0.05) is 35.9 Å². The van der Waals surface area contributed by atoms with Crippen molar-refractivity contribution >= 4 is 34.2 Å². The van der Waals surface area contributed by atoms with Crippen LogP contribution in [-0.2, 0) is 4.79 Å². The van der Waals surface area contributed by atoms with Crippen LogP contribution in [-0.4, -0.2) is 41.8 Å². The smallest absolute Gasteiger partial charge is 0.256 e. The Balaban J connectivity index is 2.43. The minimum atomic E-state index is -0.235. The molecule has 0 bridgehead atoms. The van der Waals surface area contributed by atoms with Gasteiger partial charge in [-0.2, -0.15) is 0 Å². The van der Waals surface area contributed by atoms with Gasteiger partial charge in [0.1, 0.15) is 5.15 Å². The number of nitrogens with zero attached hydrogens (tertiary/aromatic N) is 2. The number of rotatable bonds is 4. The lowest BCUT2D eigenvalue weighted by Crippen LogP contribution is -2.39. The summed E-state index contributed by atoms with van der Waals surface area (Å²) in [5.74, 6) is -0.446. The second-order valence-corrected chi connectivity index (χ2v) is 4.86. The number of hydrogen-bond acceptors (Lipinski definition) is 3. The summed E-state index contributed by atoms with van der Waals surface area (Å²) >= 11 is 6.05. The van der Waals surface area contributed by atoms with Crippen LogP contribution in [0, 0.1) is 0 Å². The number of pyridine rings is 1. The molecule has 0 fully saturated rings. The maximum Gasteiger partial charge on any atom is 0.256 e. The molecular weight excluding hydrogens is 290 g/mol. The first-order valence-corrected chi connectivity index (χ1v) is 6.99. The largest absolute Gasteiger partial charge is 0.358 e. The van der Waals surface area contributed by atoms with Crippen LogP contribution in [0.15, 0.2) is 30.5 Å². The van der Waals surface area contributed by atoms with E-state index in [1.807, 2.05) is 31.2 Å². The van der Waals surface area contributed by atoms with Gasteiger partial charge in [-0.3, -0.25) is 9.59 Å². The molecule has 2 aromatic rings. The molecule has 0 radical (unpaired) electrons. The summed E-state index contributed by atoms with van der Waals surface area (Å²) in [5.41, 5.74) is 0.445. The molecule has 0 saturated heterocycles. The SMILES string of the molecule is CCN(CC(=O)NC)C(=O)c1cnc(Cl)c2ccccc12. The number of likely N-dealkylation sites (N-methyl/N-ethyl adjacent to an activating group) is 2. The topological polar surface area (TPSA) is 62.3 Å². The van der Waals surface area contributed by atoms with Crippen LogP contribution in [0.2, 0.25) is 5.15 Å². The molecule has 0 aliphatic carbocycles. The van der Waals surface area contributed by atoms with Gasteiger partial charge in [-0.05, 0) is 12.3 Å². The van der Waals surface area contributed by atoms with Crippen molar-refractivity contribution in [1.82, 2.24) is 15.2 Å². The van der Waals surface area contributed by atoms with Crippen molar-refractivity contribution in [2.75, 3.05) is 20.1 Å². The van der Waals surface area contributed by atoms with Crippen molar-refractivity contribution in [1.29, 1.82) is 0 Å². The molecule has 0 spiro atoms. The number of carbonyl (C=O) groups excluding carboxylic acids is 2. The normalized spacial score (nSPS) is 10.4. The summed E-state index contributed by atoms with van der Waals surface area (Å²) in [6.07, 6.45) is 1.46. The molecular formula is C15H16ClN3O2. The van der Waals surface area contributed by atoms with E-state index in [-0.39, 0.29) is 18.4 Å². The molecule has 0 saturated carbocycles. The lowest BCUT2D eigenvalue weighted by molar-refractivity contribution is -0.121. The summed E-state index contributed by atoms with van der Waals surface area (Å²) < 4.78 is 0. The predicted octanol–water partition coefficient (Wildman–Crippen LogP) is 2.10. The van der Waals surface area contributed by atoms with Gasteiger partial charge in [0.05, 0.1) is 12.1 Å². The van der Waals surface area contributed by atoms with Gasteiger partial charge in [0, 0.05) is 25.2 Å². The summed E-state index contributed by atoms with van der Waals surface area (Å²) in [6, 6.07) is 7.32. The third-order valence-electron chi connectivity index (χ3n) is 3.26. The molecule has 0 aliphatic rings. The van der Waals surface area contributed by atoms with Gasteiger partial charge in [0.25, 0.3) is 5.91 Å². The highest BCUT2D eigenvalue weighted by Gasteiger charge is 2.20. The highest BCUT2D eigenvalue weighted by Crippen LogP contribution is 2.25. The first-order chi connectivity index (χ1) is 10.1. The maximum atomic E-state index is 12.6. The van der Waals surface area contributed by atoms with Crippen LogP contribution in [0.4, 0.5) is 0 Å². The zero-order valence-corrected chi connectivity index (χ0v) is 12.6. The van der Waals surface area contributed by atoms with Crippen LogP contribution < -0.4 is 5.32 Å². The molecule has 6 heteroatoms. The first-order valence-electron chi connectivity index (χ1n) is 6.61. The molecule has 110 valence electrons. The van der Waals surface area contributed by atoms with Crippen LogP contribution >= 0.6 is 11.6 Å². The van der Waals surface area contributed by atoms with E-state index >= 15 is 0 Å². The second kappa shape index (κ2) is 6.54. The van der Waals surface area contributed by atoms with Crippen LogP contribution in [0.5, 0.6) is 0 Å². The molecule has 0 atom stereocenters. The minimum absolute atomic E-state index is 0.0167. The van der Waals surface area contributed by atoms with E-state index < -0.39 is 0 Å². The van der Waals surface area contributed by atoms with Gasteiger partial charge >= 0.3 is 0 Å². The molecule has 2 rings (SSSR count). The average molecular weight is 306 g/mol. The quantitative estimate of drug-likeness (QED) is 0.880. The molecule has 1 aromatic carbocycles. The lowest BCUT2D eigenvalue weighted by atomic mass is 10.1. The number of halogens is 1. The first kappa shape index (κ1) is 15.3. The highest BCUT2D eigenvalue weighted by atomic mass is 35.5. The fourth-order valence-corrected chi connectivity index (χ4v) is 2.29. The van der Waals surface area contributed by atoms with Gasteiger partial charge in [-0.25, -0.2) is 4.98 Å². The summed E-state index contributed by atoms with van der Waals surface area (Å²) in [4.78, 5) is 29.6. The number of fused-ring (bicyclic) bond motifs is 1. The Morgan fingerprint density at radius 2 is 1.95 bits per heavy atom. The van der Waals surface area contributed by atoms with Crippen molar-refractivity contribution in [3.05, 3.63) is 41.2 Å². The zero-order chi connectivity index (χ0) is 15.4. The fourth-order valence-electron chi connectivity index (χ4n) is 2.08. The Hall–Kier alpha value is -2.14. The van der Waals surface area contributed by atoms with E-state index in [0.717, 1.165) is 10.8 Å². The Morgan fingerprint density at radius 3 is 2.57 bits per heavy atom. The van der Waals surface area contributed by atoms with E-state index in [1.165, 1.54) is 11.1 Å². The number of nitrogens with one attached hydrogen (secondary N) is 1. The molecule has 21 heavy (non-hydrogen) atoms.